The summed E-state index contributed by atoms with van der Waals surface area (Å²) < 4.78 is 5.33. The van der Waals surface area contributed by atoms with Gasteiger partial charge in [0.1, 0.15) is 0 Å². The van der Waals surface area contributed by atoms with Crippen LogP contribution in [0.1, 0.15) is 50.1 Å². The topological polar surface area (TPSA) is 64.9 Å². The van der Waals surface area contributed by atoms with Gasteiger partial charge in [0, 0.05) is 18.0 Å². The van der Waals surface area contributed by atoms with E-state index in [1.807, 2.05) is 31.2 Å². The van der Waals surface area contributed by atoms with Crippen molar-refractivity contribution in [2.45, 2.75) is 45.1 Å². The van der Waals surface area contributed by atoms with Crippen molar-refractivity contribution < 1.29 is 4.52 Å². The van der Waals surface area contributed by atoms with E-state index in [1.165, 1.54) is 25.7 Å². The second kappa shape index (κ2) is 5.75. The monoisotopic (exact) mass is 271 g/mol. The summed E-state index contributed by atoms with van der Waals surface area (Å²) in [6.45, 7) is 1.97. The zero-order valence-electron chi connectivity index (χ0n) is 11.9. The summed E-state index contributed by atoms with van der Waals surface area (Å²) in [4.78, 5) is 4.48. The van der Waals surface area contributed by atoms with Gasteiger partial charge in [-0.2, -0.15) is 4.98 Å². The van der Waals surface area contributed by atoms with Crippen LogP contribution in [0.15, 0.2) is 28.8 Å². The molecule has 3 rings (SSSR count). The van der Waals surface area contributed by atoms with E-state index in [2.05, 4.69) is 10.1 Å². The van der Waals surface area contributed by atoms with E-state index in [0.717, 1.165) is 29.4 Å². The van der Waals surface area contributed by atoms with Gasteiger partial charge in [0.05, 0.1) is 0 Å². The maximum Gasteiger partial charge on any atom is 0.226 e. The summed E-state index contributed by atoms with van der Waals surface area (Å²) in [6, 6.07) is 8.08. The summed E-state index contributed by atoms with van der Waals surface area (Å²) in [6.07, 6.45) is 6.17. The number of aromatic nitrogens is 2. The Bertz CT molecular complexity index is 555. The Labute approximate surface area is 119 Å². The highest BCUT2D eigenvalue weighted by atomic mass is 16.5. The predicted octanol–water partition coefficient (Wildman–Crippen LogP) is 3.49. The van der Waals surface area contributed by atoms with Crippen LogP contribution in [0.5, 0.6) is 0 Å². The molecule has 106 valence electrons. The first-order valence-electron chi connectivity index (χ1n) is 7.41. The van der Waals surface area contributed by atoms with Crippen molar-refractivity contribution in [2.24, 2.45) is 11.7 Å². The minimum atomic E-state index is 0.0485. The summed E-state index contributed by atoms with van der Waals surface area (Å²) in [5, 5.41) is 4.07. The molecule has 2 aromatic rings. The fourth-order valence-corrected chi connectivity index (χ4v) is 2.52. The minimum absolute atomic E-state index is 0.0485. The number of aryl methyl sites for hydroxylation is 1. The maximum absolute atomic E-state index is 5.84. The molecular weight excluding hydrogens is 250 g/mol. The smallest absolute Gasteiger partial charge is 0.226 e. The van der Waals surface area contributed by atoms with Crippen LogP contribution in [-0.2, 0) is 6.42 Å². The lowest BCUT2D eigenvalue weighted by molar-refractivity contribution is 0.280. The van der Waals surface area contributed by atoms with E-state index in [1.54, 1.807) is 0 Å². The van der Waals surface area contributed by atoms with Crippen LogP contribution in [0, 0.1) is 5.92 Å². The van der Waals surface area contributed by atoms with Crippen molar-refractivity contribution >= 4 is 0 Å². The Kier molecular flexibility index (Phi) is 3.83. The van der Waals surface area contributed by atoms with Crippen LogP contribution >= 0.6 is 0 Å². The Morgan fingerprint density at radius 3 is 2.65 bits per heavy atom. The fourth-order valence-electron chi connectivity index (χ4n) is 2.52. The van der Waals surface area contributed by atoms with Crippen LogP contribution in [0.25, 0.3) is 11.4 Å². The summed E-state index contributed by atoms with van der Waals surface area (Å²) in [5.74, 6) is 2.30. The third-order valence-corrected chi connectivity index (χ3v) is 4.15. The molecule has 0 saturated heterocycles. The van der Waals surface area contributed by atoms with Crippen LogP contribution in [0.2, 0.25) is 0 Å². The van der Waals surface area contributed by atoms with E-state index in [9.17, 15) is 0 Å². The average molecular weight is 271 g/mol. The molecule has 1 fully saturated rings. The lowest BCUT2D eigenvalue weighted by Gasteiger charge is -2.24. The van der Waals surface area contributed by atoms with Gasteiger partial charge in [-0.1, -0.05) is 48.7 Å². The van der Waals surface area contributed by atoms with Crippen molar-refractivity contribution in [3.05, 3.63) is 35.7 Å². The number of hydrogen-bond donors (Lipinski definition) is 1. The SMILES string of the molecule is CC(N)c1ccc(-c2noc(CCC3CCC3)n2)cc1. The molecule has 20 heavy (non-hydrogen) atoms. The maximum atomic E-state index is 5.84. The largest absolute Gasteiger partial charge is 0.339 e. The van der Waals surface area contributed by atoms with Crippen molar-refractivity contribution in [3.8, 4) is 11.4 Å². The molecule has 1 unspecified atom stereocenters. The Balaban J connectivity index is 1.65. The quantitative estimate of drug-likeness (QED) is 0.904. The summed E-state index contributed by atoms with van der Waals surface area (Å²) in [7, 11) is 0. The lowest BCUT2D eigenvalue weighted by Crippen LogP contribution is -2.11. The number of hydrogen-bond acceptors (Lipinski definition) is 4. The highest BCUT2D eigenvalue weighted by molar-refractivity contribution is 5.54. The molecule has 1 heterocycles. The lowest BCUT2D eigenvalue weighted by atomic mass is 9.82. The van der Waals surface area contributed by atoms with Crippen molar-refractivity contribution in [3.63, 3.8) is 0 Å². The van der Waals surface area contributed by atoms with Gasteiger partial charge in [0.2, 0.25) is 11.7 Å². The molecule has 0 spiro atoms. The predicted molar refractivity (Wildman–Crippen MR) is 78.0 cm³/mol. The molecule has 0 aliphatic heterocycles. The molecule has 0 radical (unpaired) electrons. The highest BCUT2D eigenvalue weighted by Gasteiger charge is 2.18. The standard InChI is InChI=1S/C16H21N3O/c1-11(17)13-6-8-14(9-7-13)16-18-15(20-19-16)10-5-12-3-2-4-12/h6-9,11-12H,2-5,10,17H2,1H3. The van der Waals surface area contributed by atoms with Gasteiger partial charge in [-0.05, 0) is 24.8 Å². The molecule has 1 aromatic carbocycles. The van der Waals surface area contributed by atoms with Crippen molar-refractivity contribution in [1.29, 1.82) is 0 Å². The number of nitrogens with two attached hydrogens (primary N) is 1. The third-order valence-electron chi connectivity index (χ3n) is 4.15. The Morgan fingerprint density at radius 2 is 2.05 bits per heavy atom. The summed E-state index contributed by atoms with van der Waals surface area (Å²) >= 11 is 0. The third kappa shape index (κ3) is 2.90. The molecule has 0 bridgehead atoms. The second-order valence-corrected chi connectivity index (χ2v) is 5.76. The molecule has 1 atom stereocenters. The first-order chi connectivity index (χ1) is 9.72. The zero-order valence-corrected chi connectivity index (χ0v) is 11.9. The van der Waals surface area contributed by atoms with E-state index in [-0.39, 0.29) is 6.04 Å². The van der Waals surface area contributed by atoms with Crippen LogP contribution < -0.4 is 5.73 Å². The van der Waals surface area contributed by atoms with Gasteiger partial charge in [-0.15, -0.1) is 0 Å². The van der Waals surface area contributed by atoms with Crippen LogP contribution in [0.3, 0.4) is 0 Å². The van der Waals surface area contributed by atoms with Gasteiger partial charge in [0.25, 0.3) is 0 Å². The fraction of sp³-hybridized carbons (Fsp3) is 0.500. The molecule has 0 amide bonds. The molecule has 1 aliphatic carbocycles. The first-order valence-corrected chi connectivity index (χ1v) is 7.41. The first kappa shape index (κ1) is 13.3. The van der Waals surface area contributed by atoms with Crippen molar-refractivity contribution in [1.82, 2.24) is 10.1 Å². The van der Waals surface area contributed by atoms with E-state index in [4.69, 9.17) is 10.3 Å². The minimum Gasteiger partial charge on any atom is -0.339 e. The molecule has 1 saturated carbocycles. The highest BCUT2D eigenvalue weighted by Crippen LogP contribution is 2.30. The second-order valence-electron chi connectivity index (χ2n) is 5.76. The molecule has 4 nitrogen and oxygen atoms in total. The van der Waals surface area contributed by atoms with E-state index < -0.39 is 0 Å². The Hall–Kier alpha value is -1.68. The van der Waals surface area contributed by atoms with Gasteiger partial charge < -0.3 is 10.3 Å². The van der Waals surface area contributed by atoms with E-state index in [0.29, 0.717) is 5.82 Å². The van der Waals surface area contributed by atoms with Crippen LogP contribution in [0.4, 0.5) is 0 Å². The number of nitrogens with zero attached hydrogens (tertiary/aromatic N) is 2. The molecule has 1 aliphatic rings. The number of benzene rings is 1. The van der Waals surface area contributed by atoms with Crippen molar-refractivity contribution in [2.75, 3.05) is 0 Å². The summed E-state index contributed by atoms with van der Waals surface area (Å²) in [5.41, 5.74) is 7.94. The van der Waals surface area contributed by atoms with Gasteiger partial charge in [-0.3, -0.25) is 0 Å². The Morgan fingerprint density at radius 1 is 1.30 bits per heavy atom. The molecule has 4 heteroatoms. The zero-order chi connectivity index (χ0) is 13.9. The van der Waals surface area contributed by atoms with Gasteiger partial charge in [-0.25, -0.2) is 0 Å². The molecule has 2 N–H and O–H groups in total. The molecular formula is C16H21N3O. The molecule has 1 aromatic heterocycles. The number of rotatable bonds is 5. The average Bonchev–Trinajstić information content (AvgIpc) is 2.86. The normalized spacial score (nSPS) is 16.9. The van der Waals surface area contributed by atoms with Crippen LogP contribution in [-0.4, -0.2) is 10.1 Å². The van der Waals surface area contributed by atoms with E-state index >= 15 is 0 Å². The van der Waals surface area contributed by atoms with Gasteiger partial charge >= 0.3 is 0 Å². The van der Waals surface area contributed by atoms with Gasteiger partial charge in [0.15, 0.2) is 0 Å².